The Morgan fingerprint density at radius 2 is 1.88 bits per heavy atom. The van der Waals surface area contributed by atoms with Crippen LogP contribution < -0.4 is 10.5 Å². The zero-order valence-electron chi connectivity index (χ0n) is 18.4. The molecule has 33 heavy (non-hydrogen) atoms. The van der Waals surface area contributed by atoms with E-state index in [-0.39, 0.29) is 10.5 Å². The van der Waals surface area contributed by atoms with Crippen molar-refractivity contribution in [3.63, 3.8) is 0 Å². The molecule has 0 radical (unpaired) electrons. The number of rotatable bonds is 7. The second-order valence-corrected chi connectivity index (χ2v) is 8.37. The van der Waals surface area contributed by atoms with E-state index in [0.717, 1.165) is 41.1 Å². The third-order valence-corrected chi connectivity index (χ3v) is 6.04. The first-order valence-corrected chi connectivity index (χ1v) is 11.3. The van der Waals surface area contributed by atoms with Crippen LogP contribution in [0.15, 0.2) is 36.4 Å². The van der Waals surface area contributed by atoms with Crippen LogP contribution in [0, 0.1) is 6.92 Å². The number of fused-ring (bicyclic) bond motifs is 2. The number of nitrogens with zero attached hydrogens (tertiary/aromatic N) is 1. The minimum atomic E-state index is -4.51. The van der Waals surface area contributed by atoms with Crippen molar-refractivity contribution in [1.29, 1.82) is 0 Å². The number of pyridine rings is 1. The van der Waals surface area contributed by atoms with Gasteiger partial charge in [-0.3, -0.25) is 0 Å². The predicted octanol–water partition coefficient (Wildman–Crippen LogP) is 7.04. The number of nitrogens with two attached hydrogens (primary N) is 1. The van der Waals surface area contributed by atoms with Gasteiger partial charge in [0, 0.05) is 22.0 Å². The molecule has 0 unspecified atom stereocenters. The van der Waals surface area contributed by atoms with E-state index in [4.69, 9.17) is 22.1 Å². The molecule has 0 fully saturated rings. The summed E-state index contributed by atoms with van der Waals surface area (Å²) in [4.78, 5) is 7.73. The van der Waals surface area contributed by atoms with Crippen molar-refractivity contribution in [2.24, 2.45) is 5.73 Å². The van der Waals surface area contributed by atoms with Gasteiger partial charge in [-0.1, -0.05) is 17.7 Å². The Kier molecular flexibility index (Phi) is 6.54. The molecule has 2 heterocycles. The Labute approximate surface area is 194 Å². The third kappa shape index (κ3) is 4.39. The lowest BCUT2D eigenvalue weighted by Gasteiger charge is -2.13. The molecule has 0 aliphatic carbocycles. The first-order chi connectivity index (χ1) is 15.8. The molecule has 4 rings (SSSR count). The summed E-state index contributed by atoms with van der Waals surface area (Å²) in [6.07, 6.45) is -2.48. The maximum absolute atomic E-state index is 13.8. The molecular formula is C25H25ClF3N3O. The molecule has 2 aromatic carbocycles. The number of aromatic amines is 1. The highest BCUT2D eigenvalue weighted by Gasteiger charge is 2.35. The smallest absolute Gasteiger partial charge is 0.418 e. The lowest BCUT2D eigenvalue weighted by atomic mass is 9.96. The maximum atomic E-state index is 13.8. The SMILES string of the molecule is CCOc1ccc(-c2[nH]c3c(C(F)(F)F)ccc(Cl)c3c2CCCCN)c2ccc(C)nc12. The van der Waals surface area contributed by atoms with Gasteiger partial charge in [0.05, 0.1) is 28.4 Å². The fourth-order valence-corrected chi connectivity index (χ4v) is 4.54. The first-order valence-electron chi connectivity index (χ1n) is 10.9. The second kappa shape index (κ2) is 9.23. The van der Waals surface area contributed by atoms with E-state index in [2.05, 4.69) is 9.97 Å². The number of hydrogen-bond donors (Lipinski definition) is 2. The van der Waals surface area contributed by atoms with Crippen LogP contribution >= 0.6 is 11.6 Å². The summed E-state index contributed by atoms with van der Waals surface area (Å²) in [5, 5.41) is 1.48. The van der Waals surface area contributed by atoms with Gasteiger partial charge < -0.3 is 15.5 Å². The van der Waals surface area contributed by atoms with Crippen molar-refractivity contribution < 1.29 is 17.9 Å². The molecule has 2 aromatic heterocycles. The Bertz CT molecular complexity index is 1310. The van der Waals surface area contributed by atoms with E-state index in [1.165, 1.54) is 6.07 Å². The zero-order valence-corrected chi connectivity index (χ0v) is 19.2. The molecule has 8 heteroatoms. The molecule has 4 nitrogen and oxygen atoms in total. The van der Waals surface area contributed by atoms with E-state index in [0.29, 0.717) is 41.9 Å². The zero-order chi connectivity index (χ0) is 23.8. The number of benzene rings is 2. The van der Waals surface area contributed by atoms with E-state index in [1.807, 2.05) is 38.1 Å². The topological polar surface area (TPSA) is 63.9 Å². The van der Waals surface area contributed by atoms with Gasteiger partial charge in [0.15, 0.2) is 0 Å². The molecule has 4 aromatic rings. The number of aryl methyl sites for hydroxylation is 2. The van der Waals surface area contributed by atoms with Crippen LogP contribution in [0.2, 0.25) is 5.02 Å². The van der Waals surface area contributed by atoms with E-state index in [9.17, 15) is 13.2 Å². The highest BCUT2D eigenvalue weighted by Crippen LogP contribution is 2.44. The van der Waals surface area contributed by atoms with E-state index >= 15 is 0 Å². The van der Waals surface area contributed by atoms with Crippen molar-refractivity contribution in [1.82, 2.24) is 9.97 Å². The Morgan fingerprint density at radius 3 is 2.58 bits per heavy atom. The summed E-state index contributed by atoms with van der Waals surface area (Å²) < 4.78 is 47.2. The summed E-state index contributed by atoms with van der Waals surface area (Å²) in [5.41, 5.74) is 8.53. The highest BCUT2D eigenvalue weighted by molar-refractivity contribution is 6.36. The fraction of sp³-hybridized carbons (Fsp3) is 0.320. The molecule has 174 valence electrons. The molecule has 0 bridgehead atoms. The minimum absolute atomic E-state index is 0.00476. The summed E-state index contributed by atoms with van der Waals surface area (Å²) in [6, 6.07) is 9.83. The van der Waals surface area contributed by atoms with Crippen LogP contribution in [0.5, 0.6) is 5.75 Å². The van der Waals surface area contributed by atoms with Crippen molar-refractivity contribution in [3.05, 3.63) is 58.2 Å². The average molecular weight is 476 g/mol. The summed E-state index contributed by atoms with van der Waals surface area (Å²) in [5.74, 6) is 0.634. The van der Waals surface area contributed by atoms with Crippen molar-refractivity contribution in [3.8, 4) is 17.0 Å². The standard InChI is InChI=1S/C25H25ClF3N3O/c1-3-33-20-12-9-15(16-8-7-14(2)31-23(16)20)22-17(6-4-5-13-30)21-19(26)11-10-18(24(21)32-22)25(27,28)29/h7-12,32H,3-6,13,30H2,1-2H3. The highest BCUT2D eigenvalue weighted by atomic mass is 35.5. The Morgan fingerprint density at radius 1 is 1.09 bits per heavy atom. The number of alkyl halides is 3. The van der Waals surface area contributed by atoms with Gasteiger partial charge in [-0.05, 0) is 75.5 Å². The van der Waals surface area contributed by atoms with Crippen LogP contribution in [0.4, 0.5) is 13.2 Å². The van der Waals surface area contributed by atoms with Crippen molar-refractivity contribution in [2.75, 3.05) is 13.2 Å². The Hall–Kier alpha value is -2.77. The molecule has 0 saturated heterocycles. The lowest BCUT2D eigenvalue weighted by molar-refractivity contribution is -0.136. The van der Waals surface area contributed by atoms with Crippen LogP contribution in [0.3, 0.4) is 0 Å². The Balaban J connectivity index is 2.05. The molecule has 0 saturated carbocycles. The maximum Gasteiger partial charge on any atom is 0.418 e. The van der Waals surface area contributed by atoms with Crippen LogP contribution in [0.25, 0.3) is 33.1 Å². The number of aromatic nitrogens is 2. The first kappa shape index (κ1) is 23.4. The molecule has 0 aliphatic heterocycles. The molecular weight excluding hydrogens is 451 g/mol. The fourth-order valence-electron chi connectivity index (χ4n) is 4.27. The lowest BCUT2D eigenvalue weighted by Crippen LogP contribution is -2.05. The normalized spacial score (nSPS) is 12.1. The van der Waals surface area contributed by atoms with E-state index in [1.54, 1.807) is 0 Å². The number of nitrogens with one attached hydrogen (secondary N) is 1. The minimum Gasteiger partial charge on any atom is -0.492 e. The molecule has 0 atom stereocenters. The number of halogens is 4. The quantitative estimate of drug-likeness (QED) is 0.282. The molecule has 0 spiro atoms. The number of H-pyrrole nitrogens is 1. The molecule has 0 aliphatic rings. The van der Waals surface area contributed by atoms with Crippen LogP contribution in [0.1, 0.15) is 36.6 Å². The van der Waals surface area contributed by atoms with Gasteiger partial charge in [0.2, 0.25) is 0 Å². The van der Waals surface area contributed by atoms with Gasteiger partial charge in [0.25, 0.3) is 0 Å². The van der Waals surface area contributed by atoms with Crippen molar-refractivity contribution in [2.45, 2.75) is 39.3 Å². The van der Waals surface area contributed by atoms with Gasteiger partial charge in [-0.15, -0.1) is 0 Å². The van der Waals surface area contributed by atoms with Crippen molar-refractivity contribution >= 4 is 33.4 Å². The van der Waals surface area contributed by atoms with Crippen LogP contribution in [-0.4, -0.2) is 23.1 Å². The summed E-state index contributed by atoms with van der Waals surface area (Å²) in [6.45, 7) is 4.77. The van der Waals surface area contributed by atoms with Gasteiger partial charge >= 0.3 is 6.18 Å². The third-order valence-electron chi connectivity index (χ3n) is 5.72. The monoisotopic (exact) mass is 475 g/mol. The summed E-state index contributed by atoms with van der Waals surface area (Å²) in [7, 11) is 0. The largest absolute Gasteiger partial charge is 0.492 e. The van der Waals surface area contributed by atoms with Crippen LogP contribution in [-0.2, 0) is 12.6 Å². The number of hydrogen-bond acceptors (Lipinski definition) is 3. The number of ether oxygens (including phenoxy) is 1. The van der Waals surface area contributed by atoms with Gasteiger partial charge in [0.1, 0.15) is 11.3 Å². The number of unbranched alkanes of at least 4 members (excludes halogenated alkanes) is 1. The van der Waals surface area contributed by atoms with E-state index < -0.39 is 11.7 Å². The summed E-state index contributed by atoms with van der Waals surface area (Å²) >= 11 is 6.46. The predicted molar refractivity (Wildman–Crippen MR) is 127 cm³/mol. The van der Waals surface area contributed by atoms with Gasteiger partial charge in [-0.25, -0.2) is 4.98 Å². The molecule has 0 amide bonds. The second-order valence-electron chi connectivity index (χ2n) is 7.96. The molecule has 3 N–H and O–H groups in total. The van der Waals surface area contributed by atoms with Gasteiger partial charge in [-0.2, -0.15) is 13.2 Å². The average Bonchev–Trinajstić information content (AvgIpc) is 3.13.